The van der Waals surface area contributed by atoms with Crippen molar-refractivity contribution >= 4 is 43.7 Å². The lowest BCUT2D eigenvalue weighted by atomic mass is 9.96. The second-order valence-electron chi connectivity index (χ2n) is 12.5. The average Bonchev–Trinajstić information content (AvgIpc) is 3.71. The van der Waals surface area contributed by atoms with Crippen LogP contribution in [-0.4, -0.2) is 19.5 Å². The molecule has 5 heteroatoms. The molecule has 0 fully saturated rings. The maximum Gasteiger partial charge on any atom is 0.164 e. The number of para-hydroxylation sites is 2. The summed E-state index contributed by atoms with van der Waals surface area (Å²) in [5.41, 5.74) is 9.82. The van der Waals surface area contributed by atoms with Gasteiger partial charge in [0.2, 0.25) is 0 Å². The summed E-state index contributed by atoms with van der Waals surface area (Å²) >= 11 is 0. The standard InChI is InChI=1S/C45H28N4O/c1-5-15-29(16-6-1)34-25-36-37-26-35-33-23-13-14-24-39(33)49(32-21-11-4-12-22-32)40(35)28-42(37)50-41(36)27-38(34)45-47-43(30-17-7-2-8-18-30)46-44(48-45)31-19-9-3-10-20-31/h1-28H. The van der Waals surface area contributed by atoms with Crippen LogP contribution in [0.3, 0.4) is 0 Å². The van der Waals surface area contributed by atoms with Crippen molar-refractivity contribution in [3.8, 4) is 51.0 Å². The van der Waals surface area contributed by atoms with E-state index in [-0.39, 0.29) is 0 Å². The van der Waals surface area contributed by atoms with E-state index in [2.05, 4.69) is 108 Å². The summed E-state index contributed by atoms with van der Waals surface area (Å²) in [6.45, 7) is 0. The molecule has 0 spiro atoms. The van der Waals surface area contributed by atoms with Crippen molar-refractivity contribution in [3.63, 3.8) is 0 Å². The summed E-state index contributed by atoms with van der Waals surface area (Å²) in [6.07, 6.45) is 0. The summed E-state index contributed by atoms with van der Waals surface area (Å²) in [7, 11) is 0. The molecule has 0 aliphatic carbocycles. The number of hydrogen-bond donors (Lipinski definition) is 0. The SMILES string of the molecule is c1ccc(-c2nc(-c3ccccc3)nc(-c3cc4oc5cc6c(cc5c4cc3-c3ccccc3)c3ccccc3n6-c3ccccc3)n2)cc1. The summed E-state index contributed by atoms with van der Waals surface area (Å²) < 4.78 is 9.06. The number of fused-ring (bicyclic) bond motifs is 6. The molecule has 0 bridgehead atoms. The summed E-state index contributed by atoms with van der Waals surface area (Å²) in [4.78, 5) is 15.1. The number of nitrogens with zero attached hydrogens (tertiary/aromatic N) is 4. The predicted molar refractivity (Wildman–Crippen MR) is 203 cm³/mol. The first-order valence-corrected chi connectivity index (χ1v) is 16.7. The molecule has 3 heterocycles. The first-order chi connectivity index (χ1) is 24.8. The van der Waals surface area contributed by atoms with Crippen molar-refractivity contribution in [2.24, 2.45) is 0 Å². The highest BCUT2D eigenvalue weighted by atomic mass is 16.3. The van der Waals surface area contributed by atoms with E-state index in [4.69, 9.17) is 19.4 Å². The van der Waals surface area contributed by atoms with Gasteiger partial charge in [0, 0.05) is 50.0 Å². The molecule has 0 radical (unpaired) electrons. The molecule has 10 rings (SSSR count). The second kappa shape index (κ2) is 11.4. The van der Waals surface area contributed by atoms with Gasteiger partial charge in [-0.15, -0.1) is 0 Å². The van der Waals surface area contributed by atoms with Crippen LogP contribution < -0.4 is 0 Å². The number of aromatic nitrogens is 4. The highest BCUT2D eigenvalue weighted by Gasteiger charge is 2.21. The van der Waals surface area contributed by atoms with Crippen LogP contribution in [0.15, 0.2) is 174 Å². The molecule has 0 N–H and O–H groups in total. The van der Waals surface area contributed by atoms with E-state index in [1.807, 2.05) is 66.7 Å². The Labute approximate surface area is 287 Å². The van der Waals surface area contributed by atoms with Gasteiger partial charge in [-0.05, 0) is 47.5 Å². The Morgan fingerprint density at radius 1 is 0.360 bits per heavy atom. The quantitative estimate of drug-likeness (QED) is 0.188. The summed E-state index contributed by atoms with van der Waals surface area (Å²) in [6, 6.07) is 58.5. The van der Waals surface area contributed by atoms with Crippen LogP contribution >= 0.6 is 0 Å². The molecule has 0 aliphatic heterocycles. The lowest BCUT2D eigenvalue weighted by Gasteiger charge is -2.12. The maximum absolute atomic E-state index is 6.75. The fraction of sp³-hybridized carbons (Fsp3) is 0. The van der Waals surface area contributed by atoms with Crippen LogP contribution in [-0.2, 0) is 0 Å². The van der Waals surface area contributed by atoms with Crippen molar-refractivity contribution in [1.82, 2.24) is 19.5 Å². The topological polar surface area (TPSA) is 56.7 Å². The Hall–Kier alpha value is -6.85. The Morgan fingerprint density at radius 3 is 1.54 bits per heavy atom. The third-order valence-electron chi connectivity index (χ3n) is 9.44. The summed E-state index contributed by atoms with van der Waals surface area (Å²) in [5.74, 6) is 1.83. The molecule has 0 amide bonds. The van der Waals surface area contributed by atoms with Gasteiger partial charge in [-0.2, -0.15) is 0 Å². The van der Waals surface area contributed by atoms with Gasteiger partial charge in [-0.25, -0.2) is 15.0 Å². The Morgan fingerprint density at radius 2 is 0.880 bits per heavy atom. The number of rotatable bonds is 5. The Kier molecular flexibility index (Phi) is 6.42. The fourth-order valence-electron chi connectivity index (χ4n) is 7.11. The molecular formula is C45H28N4O. The molecule has 0 saturated carbocycles. The molecule has 0 atom stereocenters. The fourth-order valence-corrected chi connectivity index (χ4v) is 7.11. The van der Waals surface area contributed by atoms with Gasteiger partial charge in [0.15, 0.2) is 17.5 Å². The third-order valence-corrected chi connectivity index (χ3v) is 9.44. The lowest BCUT2D eigenvalue weighted by molar-refractivity contribution is 0.669. The second-order valence-corrected chi connectivity index (χ2v) is 12.5. The first-order valence-electron chi connectivity index (χ1n) is 16.7. The van der Waals surface area contributed by atoms with Crippen molar-refractivity contribution in [2.45, 2.75) is 0 Å². The molecule has 10 aromatic rings. The summed E-state index contributed by atoms with van der Waals surface area (Å²) in [5, 5.41) is 4.50. The zero-order valence-corrected chi connectivity index (χ0v) is 26.9. The zero-order chi connectivity index (χ0) is 33.0. The molecule has 0 aliphatic rings. The number of benzene rings is 7. The van der Waals surface area contributed by atoms with Crippen LogP contribution in [0.2, 0.25) is 0 Å². The smallest absolute Gasteiger partial charge is 0.164 e. The van der Waals surface area contributed by atoms with Gasteiger partial charge in [0.05, 0.1) is 11.0 Å². The maximum atomic E-state index is 6.75. The van der Waals surface area contributed by atoms with Crippen molar-refractivity contribution in [3.05, 3.63) is 170 Å². The largest absolute Gasteiger partial charge is 0.456 e. The van der Waals surface area contributed by atoms with E-state index >= 15 is 0 Å². The van der Waals surface area contributed by atoms with E-state index in [1.165, 1.54) is 10.8 Å². The van der Waals surface area contributed by atoms with Crippen molar-refractivity contribution < 1.29 is 4.42 Å². The van der Waals surface area contributed by atoms with Gasteiger partial charge < -0.3 is 8.98 Å². The Bertz CT molecular complexity index is 2780. The third kappa shape index (κ3) is 4.60. The molecule has 5 nitrogen and oxygen atoms in total. The minimum absolute atomic E-state index is 0.589. The Balaban J connectivity index is 1.26. The molecular weight excluding hydrogens is 613 g/mol. The molecule has 234 valence electrons. The van der Waals surface area contributed by atoms with E-state index in [0.717, 1.165) is 66.5 Å². The van der Waals surface area contributed by atoms with E-state index in [0.29, 0.717) is 17.5 Å². The van der Waals surface area contributed by atoms with E-state index in [1.54, 1.807) is 0 Å². The zero-order valence-electron chi connectivity index (χ0n) is 26.9. The van der Waals surface area contributed by atoms with Crippen LogP contribution in [0.5, 0.6) is 0 Å². The van der Waals surface area contributed by atoms with Crippen LogP contribution in [0.1, 0.15) is 0 Å². The van der Waals surface area contributed by atoms with Crippen LogP contribution in [0.4, 0.5) is 0 Å². The van der Waals surface area contributed by atoms with E-state index in [9.17, 15) is 0 Å². The van der Waals surface area contributed by atoms with Gasteiger partial charge in [-0.1, -0.05) is 127 Å². The van der Waals surface area contributed by atoms with E-state index < -0.39 is 0 Å². The minimum atomic E-state index is 0.589. The van der Waals surface area contributed by atoms with Crippen molar-refractivity contribution in [1.29, 1.82) is 0 Å². The first kappa shape index (κ1) is 28.2. The molecule has 0 saturated heterocycles. The molecule has 3 aromatic heterocycles. The minimum Gasteiger partial charge on any atom is -0.456 e. The van der Waals surface area contributed by atoms with Gasteiger partial charge in [-0.3, -0.25) is 0 Å². The lowest BCUT2D eigenvalue weighted by Crippen LogP contribution is -2.01. The van der Waals surface area contributed by atoms with Crippen LogP contribution in [0.25, 0.3) is 94.7 Å². The molecule has 0 unspecified atom stereocenters. The monoisotopic (exact) mass is 640 g/mol. The molecule has 7 aromatic carbocycles. The number of hydrogen-bond acceptors (Lipinski definition) is 4. The normalized spacial score (nSPS) is 11.6. The van der Waals surface area contributed by atoms with Gasteiger partial charge >= 0.3 is 0 Å². The number of furan rings is 1. The van der Waals surface area contributed by atoms with Gasteiger partial charge in [0.25, 0.3) is 0 Å². The highest BCUT2D eigenvalue weighted by molar-refractivity contribution is 6.18. The average molecular weight is 641 g/mol. The van der Waals surface area contributed by atoms with Gasteiger partial charge in [0.1, 0.15) is 11.2 Å². The molecule has 50 heavy (non-hydrogen) atoms. The predicted octanol–water partition coefficient (Wildman–Crippen LogP) is 11.5. The highest BCUT2D eigenvalue weighted by Crippen LogP contribution is 2.42. The van der Waals surface area contributed by atoms with Crippen LogP contribution in [0, 0.1) is 0 Å². The van der Waals surface area contributed by atoms with Crippen molar-refractivity contribution in [2.75, 3.05) is 0 Å².